The van der Waals surface area contributed by atoms with E-state index in [0.717, 1.165) is 43.0 Å². The van der Waals surface area contributed by atoms with Crippen molar-refractivity contribution in [1.82, 2.24) is 4.90 Å². The zero-order valence-corrected chi connectivity index (χ0v) is 13.0. The van der Waals surface area contributed by atoms with Crippen LogP contribution in [0.2, 0.25) is 0 Å². The Morgan fingerprint density at radius 1 is 1.30 bits per heavy atom. The Bertz CT molecular complexity index is 462. The van der Waals surface area contributed by atoms with Crippen LogP contribution in [0.4, 0.5) is 0 Å². The van der Waals surface area contributed by atoms with Crippen LogP contribution >= 0.6 is 0 Å². The van der Waals surface area contributed by atoms with Crippen LogP contribution in [0, 0.1) is 5.92 Å². The summed E-state index contributed by atoms with van der Waals surface area (Å²) in [5, 5.41) is 0. The van der Waals surface area contributed by atoms with E-state index in [0.29, 0.717) is 12.0 Å². The predicted octanol–water partition coefficient (Wildman–Crippen LogP) is 2.22. The molecule has 4 nitrogen and oxygen atoms in total. The van der Waals surface area contributed by atoms with Gasteiger partial charge in [-0.25, -0.2) is 0 Å². The number of nitrogens with zero attached hydrogens (tertiary/aromatic N) is 1. The Morgan fingerprint density at radius 2 is 2.05 bits per heavy atom. The highest BCUT2D eigenvalue weighted by atomic mass is 16.5. The number of benzene rings is 1. The van der Waals surface area contributed by atoms with Gasteiger partial charge < -0.3 is 15.2 Å². The highest BCUT2D eigenvalue weighted by molar-refractivity contribution is 5.51. The Hall–Kier alpha value is -1.26. The summed E-state index contributed by atoms with van der Waals surface area (Å²) < 4.78 is 11.2. The molecule has 2 atom stereocenters. The summed E-state index contributed by atoms with van der Waals surface area (Å²) in [7, 11) is 5.61. The zero-order chi connectivity index (χ0) is 14.7. The van der Waals surface area contributed by atoms with Gasteiger partial charge in [0.25, 0.3) is 0 Å². The lowest BCUT2D eigenvalue weighted by atomic mass is 9.96. The molecule has 0 aliphatic carbocycles. The molecule has 1 heterocycles. The molecule has 0 radical (unpaired) electrons. The first-order valence-electron chi connectivity index (χ1n) is 7.30. The van der Waals surface area contributed by atoms with E-state index in [1.165, 1.54) is 5.56 Å². The van der Waals surface area contributed by atoms with Crippen LogP contribution < -0.4 is 15.2 Å². The topological polar surface area (TPSA) is 47.7 Å². The fourth-order valence-corrected chi connectivity index (χ4v) is 3.30. The first-order chi connectivity index (χ1) is 9.65. The molecule has 0 spiro atoms. The number of likely N-dealkylation sites (tertiary alicyclic amines) is 1. The number of methoxy groups -OCH3 is 2. The highest BCUT2D eigenvalue weighted by Gasteiger charge is 2.32. The molecule has 1 fully saturated rings. The smallest absolute Gasteiger partial charge is 0.130 e. The lowest BCUT2D eigenvalue weighted by Gasteiger charge is -2.24. The van der Waals surface area contributed by atoms with Crippen molar-refractivity contribution in [3.63, 3.8) is 0 Å². The van der Waals surface area contributed by atoms with Crippen molar-refractivity contribution < 1.29 is 9.47 Å². The van der Waals surface area contributed by atoms with Crippen LogP contribution in [0.3, 0.4) is 0 Å². The third-order valence-corrected chi connectivity index (χ3v) is 4.35. The van der Waals surface area contributed by atoms with E-state index in [4.69, 9.17) is 15.2 Å². The average Bonchev–Trinajstić information content (AvgIpc) is 2.86. The molecule has 0 aromatic heterocycles. The summed E-state index contributed by atoms with van der Waals surface area (Å²) >= 11 is 0. The number of nitrogens with two attached hydrogens (primary N) is 1. The third kappa shape index (κ3) is 2.63. The van der Waals surface area contributed by atoms with E-state index in [9.17, 15) is 0 Å². The summed E-state index contributed by atoms with van der Waals surface area (Å²) in [5.74, 6) is 2.45. The number of hydrogen-bond donors (Lipinski definition) is 1. The fraction of sp³-hybridized carbons (Fsp3) is 0.625. The molecule has 1 aliphatic rings. The number of ether oxygens (including phenoxy) is 2. The first kappa shape index (κ1) is 15.1. The summed E-state index contributed by atoms with van der Waals surface area (Å²) in [4.78, 5) is 2.38. The lowest BCUT2D eigenvalue weighted by molar-refractivity contribution is 0.301. The summed E-state index contributed by atoms with van der Waals surface area (Å²) in [6.45, 7) is 3.93. The van der Waals surface area contributed by atoms with Gasteiger partial charge in [-0.3, -0.25) is 4.90 Å². The Labute approximate surface area is 121 Å². The van der Waals surface area contributed by atoms with Crippen molar-refractivity contribution >= 4 is 0 Å². The van der Waals surface area contributed by atoms with Gasteiger partial charge in [-0.1, -0.05) is 13.0 Å². The first-order valence-corrected chi connectivity index (χ1v) is 7.30. The van der Waals surface area contributed by atoms with Gasteiger partial charge in [0.15, 0.2) is 0 Å². The van der Waals surface area contributed by atoms with Crippen molar-refractivity contribution in [1.29, 1.82) is 0 Å². The minimum atomic E-state index is 0.384. The molecule has 0 bridgehead atoms. The van der Waals surface area contributed by atoms with Crippen molar-refractivity contribution in [2.45, 2.75) is 25.8 Å². The molecule has 1 aliphatic heterocycles. The molecule has 1 aromatic carbocycles. The Balaban J connectivity index is 2.41. The quantitative estimate of drug-likeness (QED) is 0.897. The van der Waals surface area contributed by atoms with Gasteiger partial charge in [0.05, 0.1) is 14.2 Å². The van der Waals surface area contributed by atoms with Crippen molar-refractivity contribution in [3.05, 3.63) is 23.3 Å². The van der Waals surface area contributed by atoms with Gasteiger partial charge in [0.2, 0.25) is 0 Å². The monoisotopic (exact) mass is 278 g/mol. The Kier molecular flexibility index (Phi) is 4.89. The highest BCUT2D eigenvalue weighted by Crippen LogP contribution is 2.42. The minimum Gasteiger partial charge on any atom is -0.496 e. The van der Waals surface area contributed by atoms with E-state index < -0.39 is 0 Å². The third-order valence-electron chi connectivity index (χ3n) is 4.35. The van der Waals surface area contributed by atoms with E-state index >= 15 is 0 Å². The van der Waals surface area contributed by atoms with Gasteiger partial charge in [0.1, 0.15) is 11.5 Å². The average molecular weight is 278 g/mol. The van der Waals surface area contributed by atoms with Gasteiger partial charge >= 0.3 is 0 Å². The SMILES string of the molecule is CCc1c(OC)ccc(C2CC(CN)CN2C)c1OC. The van der Waals surface area contributed by atoms with Crippen LogP contribution in [-0.4, -0.2) is 39.3 Å². The summed E-state index contributed by atoms with van der Waals surface area (Å²) in [6, 6.07) is 4.58. The normalized spacial score (nSPS) is 23.1. The molecule has 1 saturated heterocycles. The second kappa shape index (κ2) is 6.46. The maximum Gasteiger partial charge on any atom is 0.130 e. The maximum atomic E-state index is 5.83. The molecule has 4 heteroatoms. The lowest BCUT2D eigenvalue weighted by Crippen LogP contribution is -2.21. The number of rotatable bonds is 5. The molecular weight excluding hydrogens is 252 g/mol. The standard InChI is InChI=1S/C16H26N2O2/c1-5-12-15(19-3)7-6-13(16(12)20-4)14-8-11(9-17)10-18(14)2/h6-7,11,14H,5,8-10,17H2,1-4H3. The van der Waals surface area contributed by atoms with E-state index in [1.807, 2.05) is 0 Å². The van der Waals surface area contributed by atoms with Crippen LogP contribution in [0.1, 0.15) is 30.5 Å². The molecule has 20 heavy (non-hydrogen) atoms. The van der Waals surface area contributed by atoms with Gasteiger partial charge in [-0.05, 0) is 38.4 Å². The molecule has 2 N–H and O–H groups in total. The largest absolute Gasteiger partial charge is 0.496 e. The second-order valence-electron chi connectivity index (χ2n) is 5.52. The predicted molar refractivity (Wildman–Crippen MR) is 81.5 cm³/mol. The molecule has 0 amide bonds. The van der Waals surface area contributed by atoms with E-state index in [1.54, 1.807) is 14.2 Å². The number of hydrogen-bond acceptors (Lipinski definition) is 4. The molecule has 1 aromatic rings. The van der Waals surface area contributed by atoms with Crippen LogP contribution in [0.5, 0.6) is 11.5 Å². The van der Waals surface area contributed by atoms with Crippen molar-refractivity contribution in [2.75, 3.05) is 34.4 Å². The molecular formula is C16H26N2O2. The summed E-state index contributed by atoms with van der Waals surface area (Å²) in [5.41, 5.74) is 8.23. The molecule has 0 saturated carbocycles. The van der Waals surface area contributed by atoms with Gasteiger partial charge in [-0.2, -0.15) is 0 Å². The van der Waals surface area contributed by atoms with Gasteiger partial charge in [0, 0.05) is 23.7 Å². The van der Waals surface area contributed by atoms with Crippen molar-refractivity contribution in [2.24, 2.45) is 11.7 Å². The van der Waals surface area contributed by atoms with Crippen molar-refractivity contribution in [3.8, 4) is 11.5 Å². The minimum absolute atomic E-state index is 0.384. The van der Waals surface area contributed by atoms with Crippen LogP contribution in [-0.2, 0) is 6.42 Å². The zero-order valence-electron chi connectivity index (χ0n) is 13.0. The van der Waals surface area contributed by atoms with Crippen LogP contribution in [0.25, 0.3) is 0 Å². The molecule has 2 unspecified atom stereocenters. The van der Waals surface area contributed by atoms with E-state index in [-0.39, 0.29) is 0 Å². The van der Waals surface area contributed by atoms with Gasteiger partial charge in [-0.15, -0.1) is 0 Å². The van der Waals surface area contributed by atoms with Crippen LogP contribution in [0.15, 0.2) is 12.1 Å². The fourth-order valence-electron chi connectivity index (χ4n) is 3.30. The van der Waals surface area contributed by atoms with E-state index in [2.05, 4.69) is 31.0 Å². The maximum absolute atomic E-state index is 5.83. The second-order valence-corrected chi connectivity index (χ2v) is 5.52. The summed E-state index contributed by atoms with van der Waals surface area (Å²) in [6.07, 6.45) is 2.00. The molecule has 2 rings (SSSR count). The Morgan fingerprint density at radius 3 is 2.55 bits per heavy atom. The molecule has 112 valence electrons.